The average Bonchev–Trinajstić information content (AvgIpc) is 2.38. The van der Waals surface area contributed by atoms with Crippen LogP contribution in [0, 0.1) is 6.92 Å². The maximum absolute atomic E-state index is 11.6. The normalized spacial score (nSPS) is 11.3. The molecule has 1 aromatic carbocycles. The minimum atomic E-state index is 0. The van der Waals surface area contributed by atoms with Gasteiger partial charge in [0.15, 0.2) is 0 Å². The second-order valence-corrected chi connectivity index (χ2v) is 5.05. The second-order valence-electron chi connectivity index (χ2n) is 5.05. The first kappa shape index (κ1) is 22.5. The van der Waals surface area contributed by atoms with E-state index in [2.05, 4.69) is 46.7 Å². The summed E-state index contributed by atoms with van der Waals surface area (Å²) in [4.78, 5) is 13.8. The molecule has 2 N–H and O–H groups in total. The van der Waals surface area contributed by atoms with Crippen LogP contribution in [0.15, 0.2) is 24.3 Å². The zero-order valence-electron chi connectivity index (χ0n) is 13.2. The molecule has 0 aliphatic rings. The number of hydrogen-bond donors (Lipinski definition) is 2. The van der Waals surface area contributed by atoms with E-state index in [9.17, 15) is 4.79 Å². The number of nitrogens with zero attached hydrogens (tertiary/aromatic N) is 1. The van der Waals surface area contributed by atoms with E-state index in [-0.39, 0.29) is 36.8 Å². The maximum Gasteiger partial charge on any atom is 0.221 e. The van der Waals surface area contributed by atoms with Gasteiger partial charge in [-0.15, -0.1) is 24.8 Å². The van der Waals surface area contributed by atoms with Crippen molar-refractivity contribution in [1.29, 1.82) is 0 Å². The highest BCUT2D eigenvalue weighted by atomic mass is 35.5. The van der Waals surface area contributed by atoms with Gasteiger partial charge in [-0.1, -0.05) is 29.8 Å². The molecule has 6 heteroatoms. The molecule has 1 rings (SSSR count). The molecular weight excluding hydrogens is 309 g/mol. The van der Waals surface area contributed by atoms with Gasteiger partial charge in [-0.3, -0.25) is 4.79 Å². The Balaban J connectivity index is 0. The zero-order valence-corrected chi connectivity index (χ0v) is 14.8. The highest BCUT2D eigenvalue weighted by Gasteiger charge is 2.14. The van der Waals surface area contributed by atoms with Gasteiger partial charge in [-0.2, -0.15) is 0 Å². The fraction of sp³-hybridized carbons (Fsp3) is 0.533. The molecule has 0 bridgehead atoms. The Labute approximate surface area is 140 Å². The monoisotopic (exact) mass is 335 g/mol. The van der Waals surface area contributed by atoms with Crippen molar-refractivity contribution in [2.75, 3.05) is 34.2 Å². The summed E-state index contributed by atoms with van der Waals surface area (Å²) in [7, 11) is 5.91. The molecule has 1 aromatic rings. The van der Waals surface area contributed by atoms with Crippen molar-refractivity contribution < 1.29 is 4.79 Å². The van der Waals surface area contributed by atoms with Crippen LogP contribution >= 0.6 is 24.8 Å². The first-order chi connectivity index (χ1) is 9.04. The molecule has 0 spiro atoms. The summed E-state index contributed by atoms with van der Waals surface area (Å²) < 4.78 is 0. The minimum absolute atomic E-state index is 0. The molecule has 1 amide bonds. The largest absolute Gasteiger partial charge is 0.354 e. The molecule has 0 saturated carbocycles. The van der Waals surface area contributed by atoms with E-state index in [4.69, 9.17) is 0 Å². The molecule has 0 radical (unpaired) electrons. The number of carbonyl (C=O) groups excluding carboxylic acids is 1. The van der Waals surface area contributed by atoms with E-state index in [1.165, 1.54) is 11.1 Å². The topological polar surface area (TPSA) is 44.4 Å². The van der Waals surface area contributed by atoms with Crippen LogP contribution in [-0.2, 0) is 4.79 Å². The number of amides is 1. The van der Waals surface area contributed by atoms with Gasteiger partial charge in [0.25, 0.3) is 0 Å². The molecule has 0 fully saturated rings. The fourth-order valence-corrected chi connectivity index (χ4v) is 1.92. The number of rotatable bonds is 7. The van der Waals surface area contributed by atoms with Crippen LogP contribution < -0.4 is 10.6 Å². The first-order valence-electron chi connectivity index (χ1n) is 6.69. The predicted molar refractivity (Wildman–Crippen MR) is 93.7 cm³/mol. The molecule has 21 heavy (non-hydrogen) atoms. The Morgan fingerprint density at radius 1 is 1.19 bits per heavy atom. The zero-order chi connectivity index (χ0) is 14.3. The average molecular weight is 336 g/mol. The first-order valence-corrected chi connectivity index (χ1v) is 6.69. The highest BCUT2D eigenvalue weighted by molar-refractivity contribution is 5.85. The van der Waals surface area contributed by atoms with Gasteiger partial charge in [0.1, 0.15) is 0 Å². The lowest BCUT2D eigenvalue weighted by Crippen LogP contribution is -2.35. The van der Waals surface area contributed by atoms with Crippen LogP contribution in [-0.4, -0.2) is 45.0 Å². The highest BCUT2D eigenvalue weighted by Crippen LogP contribution is 2.17. The minimum Gasteiger partial charge on any atom is -0.354 e. The molecule has 1 atom stereocenters. The summed E-state index contributed by atoms with van der Waals surface area (Å²) >= 11 is 0. The van der Waals surface area contributed by atoms with Crippen LogP contribution in [0.3, 0.4) is 0 Å². The van der Waals surface area contributed by atoms with Gasteiger partial charge in [0.2, 0.25) is 5.91 Å². The third-order valence-electron chi connectivity index (χ3n) is 3.18. The Morgan fingerprint density at radius 3 is 2.24 bits per heavy atom. The van der Waals surface area contributed by atoms with Crippen molar-refractivity contribution in [2.24, 2.45) is 0 Å². The number of aryl methyl sites for hydroxylation is 1. The smallest absolute Gasteiger partial charge is 0.221 e. The summed E-state index contributed by atoms with van der Waals surface area (Å²) in [6.07, 6.45) is 0.518. The van der Waals surface area contributed by atoms with E-state index in [0.717, 1.165) is 0 Å². The summed E-state index contributed by atoms with van der Waals surface area (Å²) in [5.41, 5.74) is 2.48. The van der Waals surface area contributed by atoms with Crippen molar-refractivity contribution in [2.45, 2.75) is 19.4 Å². The summed E-state index contributed by atoms with van der Waals surface area (Å²) in [5, 5.41) is 5.97. The van der Waals surface area contributed by atoms with Crippen molar-refractivity contribution >= 4 is 30.7 Å². The quantitative estimate of drug-likeness (QED) is 0.802. The van der Waals surface area contributed by atoms with Crippen LogP contribution in [0.4, 0.5) is 0 Å². The molecule has 0 aromatic heterocycles. The molecule has 0 aliphatic carbocycles. The molecule has 4 nitrogen and oxygen atoms in total. The third-order valence-corrected chi connectivity index (χ3v) is 3.18. The maximum atomic E-state index is 11.6. The number of halogens is 2. The van der Waals surface area contributed by atoms with Crippen LogP contribution in [0.2, 0.25) is 0 Å². The number of likely N-dealkylation sites (N-methyl/N-ethyl adjacent to an activating group) is 1. The molecule has 0 saturated heterocycles. The van der Waals surface area contributed by atoms with Gasteiger partial charge >= 0.3 is 0 Å². The molecule has 0 aliphatic heterocycles. The Bertz CT molecular complexity index is 396. The number of nitrogens with one attached hydrogen (secondary N) is 2. The van der Waals surface area contributed by atoms with E-state index >= 15 is 0 Å². The van der Waals surface area contributed by atoms with Gasteiger partial charge in [0, 0.05) is 19.5 Å². The summed E-state index contributed by atoms with van der Waals surface area (Å²) in [6, 6.07) is 8.67. The summed E-state index contributed by atoms with van der Waals surface area (Å²) in [6.45, 7) is 3.43. The Morgan fingerprint density at radius 2 is 1.76 bits per heavy atom. The number of hydrogen-bond acceptors (Lipinski definition) is 3. The van der Waals surface area contributed by atoms with E-state index < -0.39 is 0 Å². The van der Waals surface area contributed by atoms with Crippen molar-refractivity contribution in [1.82, 2.24) is 15.5 Å². The predicted octanol–water partition coefficient (Wildman–Crippen LogP) is 2.17. The van der Waals surface area contributed by atoms with Gasteiger partial charge in [0.05, 0.1) is 6.04 Å². The SMILES string of the molecule is CNCCC(=O)NCC(c1ccc(C)cc1)N(C)C.Cl.Cl. The van der Waals surface area contributed by atoms with Gasteiger partial charge < -0.3 is 15.5 Å². The van der Waals surface area contributed by atoms with Crippen LogP contribution in [0.25, 0.3) is 0 Å². The molecular formula is C15H27Cl2N3O. The van der Waals surface area contributed by atoms with Crippen molar-refractivity contribution in [3.8, 4) is 0 Å². The van der Waals surface area contributed by atoms with Crippen molar-refractivity contribution in [3.63, 3.8) is 0 Å². The van der Waals surface area contributed by atoms with Crippen LogP contribution in [0.1, 0.15) is 23.6 Å². The second kappa shape index (κ2) is 11.8. The standard InChI is InChI=1S/C15H25N3O.2ClH/c1-12-5-7-13(8-6-12)14(18(3)4)11-17-15(19)9-10-16-2;;/h5-8,14,16H,9-11H2,1-4H3,(H,17,19);2*1H. The van der Waals surface area contributed by atoms with E-state index in [0.29, 0.717) is 19.5 Å². The lowest BCUT2D eigenvalue weighted by molar-refractivity contribution is -0.121. The lowest BCUT2D eigenvalue weighted by Gasteiger charge is -2.25. The van der Waals surface area contributed by atoms with E-state index in [1.807, 2.05) is 21.1 Å². The van der Waals surface area contributed by atoms with E-state index in [1.54, 1.807) is 0 Å². The van der Waals surface area contributed by atoms with Crippen LogP contribution in [0.5, 0.6) is 0 Å². The third kappa shape index (κ3) is 8.27. The Kier molecular flexibility index (Phi) is 12.6. The molecule has 0 heterocycles. The molecule has 1 unspecified atom stereocenters. The van der Waals surface area contributed by atoms with Gasteiger partial charge in [-0.05, 0) is 33.6 Å². The molecule has 122 valence electrons. The van der Waals surface area contributed by atoms with Crippen molar-refractivity contribution in [3.05, 3.63) is 35.4 Å². The Hall–Kier alpha value is -0.810. The number of carbonyl (C=O) groups is 1. The lowest BCUT2D eigenvalue weighted by atomic mass is 10.0. The summed E-state index contributed by atoms with van der Waals surface area (Å²) in [5.74, 6) is 0.0910. The number of benzene rings is 1. The fourth-order valence-electron chi connectivity index (χ4n) is 1.92. The van der Waals surface area contributed by atoms with Gasteiger partial charge in [-0.25, -0.2) is 0 Å².